The molecule has 1 N–H and O–H groups in total. The van der Waals surface area contributed by atoms with Crippen molar-refractivity contribution in [3.05, 3.63) is 34.3 Å². The molecule has 0 radical (unpaired) electrons. The second kappa shape index (κ2) is 5.43. The first-order valence-corrected chi connectivity index (χ1v) is 4.53. The molecular weight excluding hydrogens is 198 g/mol. The molecular formula is C11H10ClNO. The molecule has 1 rings (SSSR count). The summed E-state index contributed by atoms with van der Waals surface area (Å²) in [5.74, 6) is 5.80. The van der Waals surface area contributed by atoms with Gasteiger partial charge in [-0.1, -0.05) is 23.4 Å². The van der Waals surface area contributed by atoms with Crippen molar-refractivity contribution in [2.45, 2.75) is 0 Å². The molecule has 2 nitrogen and oxygen atoms in total. The monoisotopic (exact) mass is 207 g/mol. The van der Waals surface area contributed by atoms with Crippen LogP contribution in [0.5, 0.6) is 0 Å². The van der Waals surface area contributed by atoms with Crippen molar-refractivity contribution in [2.75, 3.05) is 13.6 Å². The van der Waals surface area contributed by atoms with Gasteiger partial charge in [-0.2, -0.15) is 0 Å². The molecule has 0 aliphatic heterocycles. The van der Waals surface area contributed by atoms with Gasteiger partial charge in [-0.05, 0) is 25.2 Å². The summed E-state index contributed by atoms with van der Waals surface area (Å²) in [6.07, 6.45) is 0.759. The van der Waals surface area contributed by atoms with Crippen LogP contribution < -0.4 is 5.32 Å². The molecule has 0 bridgehead atoms. The van der Waals surface area contributed by atoms with E-state index in [9.17, 15) is 4.79 Å². The van der Waals surface area contributed by atoms with Gasteiger partial charge in [-0.15, -0.1) is 0 Å². The fourth-order valence-electron chi connectivity index (χ4n) is 0.987. The number of rotatable bonds is 2. The van der Waals surface area contributed by atoms with E-state index in [1.807, 2.05) is 7.05 Å². The van der Waals surface area contributed by atoms with Gasteiger partial charge >= 0.3 is 0 Å². The Bertz CT molecular complexity index is 390. The largest absolute Gasteiger partial charge is 0.309 e. The smallest absolute Gasteiger partial charge is 0.150 e. The highest BCUT2D eigenvalue weighted by Gasteiger charge is 1.95. The maximum atomic E-state index is 10.5. The van der Waals surface area contributed by atoms with Gasteiger partial charge in [-0.3, -0.25) is 4.79 Å². The summed E-state index contributed by atoms with van der Waals surface area (Å²) >= 11 is 5.80. The van der Waals surface area contributed by atoms with Crippen molar-refractivity contribution < 1.29 is 4.79 Å². The van der Waals surface area contributed by atoms with E-state index in [2.05, 4.69) is 17.2 Å². The number of hydrogen-bond acceptors (Lipinski definition) is 2. The molecule has 1 aromatic rings. The van der Waals surface area contributed by atoms with Crippen molar-refractivity contribution in [3.8, 4) is 11.8 Å². The first-order valence-electron chi connectivity index (χ1n) is 4.15. The van der Waals surface area contributed by atoms with E-state index in [-0.39, 0.29) is 0 Å². The van der Waals surface area contributed by atoms with Crippen LogP contribution in [0.15, 0.2) is 18.2 Å². The molecule has 0 aliphatic rings. The van der Waals surface area contributed by atoms with Crippen LogP contribution in [0.4, 0.5) is 0 Å². The molecule has 0 aliphatic carbocycles. The van der Waals surface area contributed by atoms with Gasteiger partial charge in [0.1, 0.15) is 6.29 Å². The summed E-state index contributed by atoms with van der Waals surface area (Å²) in [5, 5.41) is 3.44. The second-order valence-corrected chi connectivity index (χ2v) is 3.16. The van der Waals surface area contributed by atoms with Crippen molar-refractivity contribution in [1.82, 2.24) is 5.32 Å². The number of carbonyl (C=O) groups is 1. The Morgan fingerprint density at radius 2 is 2.29 bits per heavy atom. The Balaban J connectivity index is 2.93. The molecule has 0 atom stereocenters. The van der Waals surface area contributed by atoms with Crippen molar-refractivity contribution in [2.24, 2.45) is 0 Å². The lowest BCUT2D eigenvalue weighted by atomic mass is 10.1. The molecule has 0 saturated heterocycles. The summed E-state index contributed by atoms with van der Waals surface area (Å²) in [6, 6.07) is 5.05. The topological polar surface area (TPSA) is 29.1 Å². The minimum atomic E-state index is 0.531. The average molecular weight is 208 g/mol. The maximum Gasteiger partial charge on any atom is 0.150 e. The number of benzene rings is 1. The number of nitrogens with one attached hydrogen (secondary N) is 1. The maximum absolute atomic E-state index is 10.5. The van der Waals surface area contributed by atoms with Crippen LogP contribution in [0.25, 0.3) is 0 Å². The van der Waals surface area contributed by atoms with E-state index in [4.69, 9.17) is 11.6 Å². The van der Waals surface area contributed by atoms with E-state index in [0.29, 0.717) is 17.1 Å². The highest BCUT2D eigenvalue weighted by atomic mass is 35.5. The molecule has 0 aromatic heterocycles. The first kappa shape index (κ1) is 10.8. The Morgan fingerprint density at radius 3 is 2.93 bits per heavy atom. The highest BCUT2D eigenvalue weighted by molar-refractivity contribution is 6.31. The molecule has 3 heteroatoms. The van der Waals surface area contributed by atoms with Crippen LogP contribution in [0.3, 0.4) is 0 Å². The molecule has 0 unspecified atom stereocenters. The quantitative estimate of drug-likeness (QED) is 0.591. The van der Waals surface area contributed by atoms with Gasteiger partial charge in [0.15, 0.2) is 0 Å². The van der Waals surface area contributed by atoms with Gasteiger partial charge in [0, 0.05) is 16.1 Å². The summed E-state index contributed by atoms with van der Waals surface area (Å²) < 4.78 is 0. The lowest BCUT2D eigenvalue weighted by molar-refractivity contribution is 0.112. The van der Waals surface area contributed by atoms with E-state index in [1.165, 1.54) is 0 Å². The number of halogens is 1. The molecule has 0 fully saturated rings. The Labute approximate surface area is 88.3 Å². The molecule has 1 aromatic carbocycles. The normalized spacial score (nSPS) is 9.00. The number of aldehydes is 1. The zero-order chi connectivity index (χ0) is 10.4. The summed E-state index contributed by atoms with van der Waals surface area (Å²) in [7, 11) is 1.82. The lowest BCUT2D eigenvalue weighted by Gasteiger charge is -1.95. The summed E-state index contributed by atoms with van der Waals surface area (Å²) in [4.78, 5) is 10.5. The van der Waals surface area contributed by atoms with E-state index in [0.717, 1.165) is 11.8 Å². The van der Waals surface area contributed by atoms with Crippen LogP contribution >= 0.6 is 11.6 Å². The lowest BCUT2D eigenvalue weighted by Crippen LogP contribution is -2.04. The fraction of sp³-hybridized carbons (Fsp3) is 0.182. The molecule has 0 heterocycles. The fourth-order valence-corrected chi connectivity index (χ4v) is 1.23. The van der Waals surface area contributed by atoms with Crippen LogP contribution in [0.2, 0.25) is 5.02 Å². The molecule has 14 heavy (non-hydrogen) atoms. The predicted molar refractivity (Wildman–Crippen MR) is 57.6 cm³/mol. The van der Waals surface area contributed by atoms with Crippen molar-refractivity contribution >= 4 is 17.9 Å². The molecule has 72 valence electrons. The van der Waals surface area contributed by atoms with Gasteiger partial charge < -0.3 is 5.32 Å². The molecule has 0 saturated carbocycles. The van der Waals surface area contributed by atoms with Crippen molar-refractivity contribution in [3.63, 3.8) is 0 Å². The SMILES string of the molecule is CNCC#Cc1cc(Cl)cc(C=O)c1. The minimum Gasteiger partial charge on any atom is -0.309 e. The molecule has 0 spiro atoms. The standard InChI is InChI=1S/C11H10ClNO/c1-13-4-2-3-9-5-10(8-14)7-11(12)6-9/h5-8,13H,4H2,1H3. The van der Waals surface area contributed by atoms with Crippen molar-refractivity contribution in [1.29, 1.82) is 0 Å². The Hall–Kier alpha value is -1.30. The first-order chi connectivity index (χ1) is 6.76. The van der Waals surface area contributed by atoms with E-state index >= 15 is 0 Å². The predicted octanol–water partition coefficient (Wildman–Crippen LogP) is 1.72. The third-order valence-electron chi connectivity index (χ3n) is 1.55. The summed E-state index contributed by atoms with van der Waals surface area (Å²) in [6.45, 7) is 0.614. The molecule has 0 amide bonds. The number of carbonyl (C=O) groups excluding carboxylic acids is 1. The van der Waals surface area contributed by atoms with E-state index < -0.39 is 0 Å². The summed E-state index contributed by atoms with van der Waals surface area (Å²) in [5.41, 5.74) is 1.31. The van der Waals surface area contributed by atoms with E-state index in [1.54, 1.807) is 18.2 Å². The minimum absolute atomic E-state index is 0.531. The third kappa shape index (κ3) is 3.21. The van der Waals surface area contributed by atoms with Gasteiger partial charge in [0.2, 0.25) is 0 Å². The van der Waals surface area contributed by atoms with Crippen LogP contribution in [-0.2, 0) is 0 Å². The second-order valence-electron chi connectivity index (χ2n) is 2.72. The van der Waals surface area contributed by atoms with Crippen LogP contribution in [-0.4, -0.2) is 19.9 Å². The van der Waals surface area contributed by atoms with Crippen LogP contribution in [0.1, 0.15) is 15.9 Å². The highest BCUT2D eigenvalue weighted by Crippen LogP contribution is 2.13. The third-order valence-corrected chi connectivity index (χ3v) is 1.77. The zero-order valence-corrected chi connectivity index (χ0v) is 8.56. The Kier molecular flexibility index (Phi) is 4.18. The Morgan fingerprint density at radius 1 is 1.50 bits per heavy atom. The van der Waals surface area contributed by atoms with Gasteiger partial charge in [-0.25, -0.2) is 0 Å². The van der Waals surface area contributed by atoms with Gasteiger partial charge in [0.05, 0.1) is 6.54 Å². The van der Waals surface area contributed by atoms with Crippen LogP contribution in [0, 0.1) is 11.8 Å². The zero-order valence-electron chi connectivity index (χ0n) is 7.80. The average Bonchev–Trinajstić information content (AvgIpc) is 2.17. The number of hydrogen-bond donors (Lipinski definition) is 1. The van der Waals surface area contributed by atoms with Gasteiger partial charge in [0.25, 0.3) is 0 Å².